The molecule has 1 aromatic heterocycles. The lowest BCUT2D eigenvalue weighted by molar-refractivity contribution is -0.177. The van der Waals surface area contributed by atoms with Gasteiger partial charge in [0.05, 0.1) is 37.2 Å². The van der Waals surface area contributed by atoms with Gasteiger partial charge in [-0.25, -0.2) is 9.98 Å². The van der Waals surface area contributed by atoms with E-state index in [0.717, 1.165) is 19.2 Å². The summed E-state index contributed by atoms with van der Waals surface area (Å²) in [6.07, 6.45) is -0.749. The number of aromatic nitrogens is 2. The van der Waals surface area contributed by atoms with Crippen molar-refractivity contribution in [2.24, 2.45) is 10.9 Å². The Labute approximate surface area is 181 Å². The van der Waals surface area contributed by atoms with Crippen LogP contribution in [-0.2, 0) is 23.4 Å². The molecule has 1 atom stereocenters. The zero-order valence-corrected chi connectivity index (χ0v) is 17.2. The summed E-state index contributed by atoms with van der Waals surface area (Å²) >= 11 is 6.35. The van der Waals surface area contributed by atoms with Crippen LogP contribution in [0.15, 0.2) is 34.3 Å². The lowest BCUT2D eigenvalue weighted by Gasteiger charge is -2.35. The van der Waals surface area contributed by atoms with Crippen molar-refractivity contribution < 1.29 is 17.9 Å². The van der Waals surface area contributed by atoms with E-state index in [0.29, 0.717) is 11.3 Å². The topological polar surface area (TPSA) is 68.5 Å². The summed E-state index contributed by atoms with van der Waals surface area (Å²) in [6.45, 7) is 0.222. The van der Waals surface area contributed by atoms with Crippen LogP contribution in [-0.4, -0.2) is 29.2 Å². The summed E-state index contributed by atoms with van der Waals surface area (Å²) in [5.74, 6) is 5.10. The number of ether oxygens (including phenoxy) is 1. The molecule has 0 unspecified atom stereocenters. The minimum Gasteiger partial charge on any atom is -0.378 e. The number of rotatable bonds is 4. The third kappa shape index (κ3) is 4.18. The second kappa shape index (κ2) is 8.02. The molecule has 0 spiro atoms. The van der Waals surface area contributed by atoms with E-state index in [1.54, 1.807) is 0 Å². The predicted octanol–water partition coefficient (Wildman–Crippen LogP) is 3.53. The van der Waals surface area contributed by atoms with Crippen LogP contribution in [0.25, 0.3) is 0 Å². The van der Waals surface area contributed by atoms with Crippen molar-refractivity contribution in [3.8, 4) is 11.8 Å². The van der Waals surface area contributed by atoms with Crippen LogP contribution in [0, 0.1) is 17.8 Å². The Hall–Kier alpha value is -2.83. The first-order chi connectivity index (χ1) is 14.7. The standard InChI is InChI=1S/C21H18ClF3N4O2/c1-31-10-15-7-19(30)29(12-27-15)9-14-6-18-16(8-17(14)22)20(21(23,24)25,28-11-26-18)5-4-13-2-3-13/h6-8,11-13H,2-3,9-10H2,1H3,(H,26,28)/t20-/m0/s1. The molecule has 31 heavy (non-hydrogen) atoms. The summed E-state index contributed by atoms with van der Waals surface area (Å²) in [6, 6.07) is 4.01. The van der Waals surface area contributed by atoms with Crippen molar-refractivity contribution >= 4 is 23.6 Å². The Morgan fingerprint density at radius 1 is 1.35 bits per heavy atom. The van der Waals surface area contributed by atoms with Gasteiger partial charge in [0.25, 0.3) is 5.56 Å². The molecule has 1 aliphatic heterocycles. The molecule has 162 valence electrons. The number of halogens is 4. The highest BCUT2D eigenvalue weighted by molar-refractivity contribution is 6.31. The molecule has 0 amide bonds. The molecule has 0 bridgehead atoms. The van der Waals surface area contributed by atoms with Gasteiger partial charge in [-0.15, -0.1) is 0 Å². The number of hydrogen-bond acceptors (Lipinski definition) is 5. The van der Waals surface area contributed by atoms with Gasteiger partial charge in [0.1, 0.15) is 0 Å². The Kier molecular flexibility index (Phi) is 5.54. The smallest absolute Gasteiger partial charge is 0.378 e. The average molecular weight is 451 g/mol. The van der Waals surface area contributed by atoms with Crippen molar-refractivity contribution in [2.45, 2.75) is 37.7 Å². The van der Waals surface area contributed by atoms with Gasteiger partial charge in [-0.3, -0.25) is 9.36 Å². The number of nitrogens with one attached hydrogen (secondary N) is 1. The molecule has 10 heteroatoms. The third-order valence-corrected chi connectivity index (χ3v) is 5.44. The SMILES string of the molecule is COCc1cc(=O)n(Cc2cc3c(cc2Cl)[C@@](C#CC2CC2)(C(F)(F)F)NC=N3)cn1. The number of hydrogen-bond donors (Lipinski definition) is 1. The molecule has 2 aromatic rings. The fraction of sp³-hybridized carbons (Fsp3) is 0.381. The maximum Gasteiger partial charge on any atom is 0.427 e. The van der Waals surface area contributed by atoms with E-state index in [1.165, 1.54) is 36.2 Å². The van der Waals surface area contributed by atoms with E-state index in [1.807, 2.05) is 0 Å². The number of alkyl halides is 3. The summed E-state index contributed by atoms with van der Waals surface area (Å²) < 4.78 is 48.7. The summed E-state index contributed by atoms with van der Waals surface area (Å²) in [5, 5.41) is 2.39. The van der Waals surface area contributed by atoms with Gasteiger partial charge >= 0.3 is 6.18 Å². The lowest BCUT2D eigenvalue weighted by Crippen LogP contribution is -2.53. The predicted molar refractivity (Wildman–Crippen MR) is 109 cm³/mol. The normalized spacial score (nSPS) is 19.9. The Bertz CT molecular complexity index is 1160. The monoisotopic (exact) mass is 450 g/mol. The average Bonchev–Trinajstić information content (AvgIpc) is 3.53. The highest BCUT2D eigenvalue weighted by atomic mass is 35.5. The van der Waals surface area contributed by atoms with Crippen LogP contribution in [0.4, 0.5) is 18.9 Å². The van der Waals surface area contributed by atoms with Crippen molar-refractivity contribution in [3.63, 3.8) is 0 Å². The number of methoxy groups -OCH3 is 1. The van der Waals surface area contributed by atoms with Crippen LogP contribution >= 0.6 is 11.6 Å². The number of nitrogens with zero attached hydrogens (tertiary/aromatic N) is 3. The number of benzene rings is 1. The first-order valence-electron chi connectivity index (χ1n) is 9.50. The van der Waals surface area contributed by atoms with Crippen LogP contribution in [0.1, 0.15) is 29.7 Å². The largest absolute Gasteiger partial charge is 0.427 e. The fourth-order valence-corrected chi connectivity index (χ4v) is 3.47. The quantitative estimate of drug-likeness (QED) is 0.724. The molecule has 2 aliphatic rings. The third-order valence-electron chi connectivity index (χ3n) is 5.09. The van der Waals surface area contributed by atoms with E-state index >= 15 is 0 Å². The second-order valence-corrected chi connectivity index (χ2v) is 7.84. The maximum absolute atomic E-state index is 14.1. The molecular weight excluding hydrogens is 433 g/mol. The molecule has 0 radical (unpaired) electrons. The van der Waals surface area contributed by atoms with E-state index < -0.39 is 11.7 Å². The Morgan fingerprint density at radius 2 is 2.13 bits per heavy atom. The fourth-order valence-electron chi connectivity index (χ4n) is 3.25. The van der Waals surface area contributed by atoms with Gasteiger partial charge in [-0.2, -0.15) is 13.2 Å². The van der Waals surface area contributed by atoms with Crippen LogP contribution in [0.5, 0.6) is 0 Å². The van der Waals surface area contributed by atoms with Gasteiger partial charge in [-0.05, 0) is 30.5 Å². The van der Waals surface area contributed by atoms with Crippen LogP contribution in [0.2, 0.25) is 5.02 Å². The molecule has 1 aliphatic carbocycles. The molecule has 1 saturated carbocycles. The Morgan fingerprint density at radius 3 is 2.77 bits per heavy atom. The van der Waals surface area contributed by atoms with Gasteiger partial charge in [0.2, 0.25) is 5.54 Å². The van der Waals surface area contributed by atoms with Crippen molar-refractivity contribution in [3.05, 3.63) is 56.7 Å². The van der Waals surface area contributed by atoms with Crippen LogP contribution in [0.3, 0.4) is 0 Å². The molecule has 1 N–H and O–H groups in total. The lowest BCUT2D eigenvalue weighted by atomic mass is 9.86. The van der Waals surface area contributed by atoms with Crippen molar-refractivity contribution in [1.29, 1.82) is 0 Å². The highest BCUT2D eigenvalue weighted by Gasteiger charge is 2.57. The summed E-state index contributed by atoms with van der Waals surface area (Å²) in [5.41, 5.74) is -2.08. The van der Waals surface area contributed by atoms with Crippen molar-refractivity contribution in [2.75, 3.05) is 7.11 Å². The van der Waals surface area contributed by atoms with E-state index in [4.69, 9.17) is 16.3 Å². The van der Waals surface area contributed by atoms with Crippen LogP contribution < -0.4 is 10.9 Å². The van der Waals surface area contributed by atoms with E-state index in [-0.39, 0.29) is 40.9 Å². The Balaban J connectivity index is 1.73. The minimum atomic E-state index is -4.70. The van der Waals surface area contributed by atoms with Gasteiger partial charge in [-0.1, -0.05) is 23.4 Å². The van der Waals surface area contributed by atoms with Gasteiger partial charge in [0, 0.05) is 29.7 Å². The first kappa shape index (κ1) is 21.4. The molecule has 1 fully saturated rings. The molecule has 4 rings (SSSR count). The maximum atomic E-state index is 14.1. The molecule has 2 heterocycles. The minimum absolute atomic E-state index is 0.0152. The van der Waals surface area contributed by atoms with Crippen molar-refractivity contribution in [1.82, 2.24) is 14.9 Å². The van der Waals surface area contributed by atoms with E-state index in [9.17, 15) is 18.0 Å². The second-order valence-electron chi connectivity index (χ2n) is 7.43. The molecule has 0 saturated heterocycles. The molecular formula is C21H18ClF3N4O2. The zero-order valence-electron chi connectivity index (χ0n) is 16.5. The summed E-state index contributed by atoms with van der Waals surface area (Å²) in [4.78, 5) is 20.5. The zero-order chi connectivity index (χ0) is 22.2. The summed E-state index contributed by atoms with van der Waals surface area (Å²) in [7, 11) is 1.49. The van der Waals surface area contributed by atoms with Gasteiger partial charge < -0.3 is 10.1 Å². The molecule has 1 aromatic carbocycles. The first-order valence-corrected chi connectivity index (χ1v) is 9.88. The van der Waals surface area contributed by atoms with E-state index in [2.05, 4.69) is 27.1 Å². The molecule has 6 nitrogen and oxygen atoms in total. The number of aliphatic imine (C=N–C) groups is 1. The number of fused-ring (bicyclic) bond motifs is 1. The van der Waals surface area contributed by atoms with Gasteiger partial charge in [0.15, 0.2) is 0 Å². The highest BCUT2D eigenvalue weighted by Crippen LogP contribution is 2.46.